The van der Waals surface area contributed by atoms with E-state index in [0.29, 0.717) is 15.7 Å². The number of benzene rings is 2. The lowest BCUT2D eigenvalue weighted by Gasteiger charge is -2.31. The minimum Gasteiger partial charge on any atom is -0.306 e. The fourth-order valence-corrected chi connectivity index (χ4v) is 3.79. The van der Waals surface area contributed by atoms with Crippen LogP contribution in [0.2, 0.25) is 0 Å². The van der Waals surface area contributed by atoms with E-state index in [1.54, 1.807) is 22.9 Å². The molecule has 2 heterocycles. The fraction of sp³-hybridized carbons (Fsp3) is 0.150. The van der Waals surface area contributed by atoms with Crippen LogP contribution >= 0.6 is 15.9 Å². The Morgan fingerprint density at radius 3 is 2.75 bits per heavy atom. The van der Waals surface area contributed by atoms with Crippen LogP contribution < -0.4 is 5.32 Å². The number of hydrogen-bond donors (Lipinski definition) is 1. The highest BCUT2D eigenvalue weighted by atomic mass is 79.9. The van der Waals surface area contributed by atoms with Gasteiger partial charge in [-0.25, -0.2) is 9.18 Å². The standard InChI is InChI=1S/C20H16BrFN4O2/c1-25-11-13-4-7-16(18(21)19(13)24-25)23-20(28)26-9-8-15(27)10-17(26)12-2-5-14(22)6-3-12/h2-9,11,17H,10H2,1H3,(H,23,28)/t17-/m0/s1. The fourth-order valence-electron chi connectivity index (χ4n) is 3.25. The second-order valence-electron chi connectivity index (χ2n) is 6.56. The normalized spacial score (nSPS) is 16.6. The minimum atomic E-state index is -0.504. The molecule has 0 saturated heterocycles. The maximum absolute atomic E-state index is 13.3. The number of hydrogen-bond acceptors (Lipinski definition) is 3. The van der Waals surface area contributed by atoms with Crippen molar-refractivity contribution in [3.8, 4) is 0 Å². The number of aryl methyl sites for hydroxylation is 1. The number of allylic oxidation sites excluding steroid dienone is 1. The van der Waals surface area contributed by atoms with Gasteiger partial charge in [0.2, 0.25) is 0 Å². The summed E-state index contributed by atoms with van der Waals surface area (Å²) in [5.41, 5.74) is 1.99. The van der Waals surface area contributed by atoms with Gasteiger partial charge in [0.1, 0.15) is 11.3 Å². The highest BCUT2D eigenvalue weighted by molar-refractivity contribution is 9.10. The molecule has 1 aliphatic heterocycles. The van der Waals surface area contributed by atoms with E-state index < -0.39 is 12.1 Å². The molecule has 142 valence electrons. The first-order valence-corrected chi connectivity index (χ1v) is 9.39. The Bertz CT molecular complexity index is 1110. The summed E-state index contributed by atoms with van der Waals surface area (Å²) in [6, 6.07) is 8.57. The molecule has 1 N–H and O–H groups in total. The van der Waals surface area contributed by atoms with Crippen LogP contribution in [0, 0.1) is 5.82 Å². The minimum absolute atomic E-state index is 0.0885. The number of nitrogens with zero attached hydrogens (tertiary/aromatic N) is 3. The van der Waals surface area contributed by atoms with Gasteiger partial charge in [-0.15, -0.1) is 0 Å². The average molecular weight is 443 g/mol. The molecular formula is C20H16BrFN4O2. The van der Waals surface area contributed by atoms with Crippen molar-refractivity contribution >= 4 is 44.3 Å². The summed E-state index contributed by atoms with van der Waals surface area (Å²) in [5, 5.41) is 8.19. The molecule has 3 aromatic rings. The van der Waals surface area contributed by atoms with Gasteiger partial charge in [-0.2, -0.15) is 5.10 Å². The quantitative estimate of drug-likeness (QED) is 0.633. The first-order chi connectivity index (χ1) is 13.4. The monoisotopic (exact) mass is 442 g/mol. The maximum Gasteiger partial charge on any atom is 0.326 e. The van der Waals surface area contributed by atoms with Crippen molar-refractivity contribution in [1.29, 1.82) is 0 Å². The predicted molar refractivity (Wildman–Crippen MR) is 107 cm³/mol. The summed E-state index contributed by atoms with van der Waals surface area (Å²) in [5.74, 6) is -0.459. The van der Waals surface area contributed by atoms with Crippen molar-refractivity contribution < 1.29 is 14.0 Å². The van der Waals surface area contributed by atoms with Crippen LogP contribution in [-0.4, -0.2) is 26.5 Å². The third-order valence-electron chi connectivity index (χ3n) is 4.61. The van der Waals surface area contributed by atoms with Gasteiger partial charge >= 0.3 is 6.03 Å². The second kappa shape index (κ2) is 7.20. The van der Waals surface area contributed by atoms with E-state index in [1.165, 1.54) is 29.3 Å². The van der Waals surface area contributed by atoms with E-state index in [9.17, 15) is 14.0 Å². The van der Waals surface area contributed by atoms with Crippen molar-refractivity contribution in [3.63, 3.8) is 0 Å². The smallest absolute Gasteiger partial charge is 0.306 e. The van der Waals surface area contributed by atoms with Crippen LogP contribution in [0.25, 0.3) is 10.9 Å². The van der Waals surface area contributed by atoms with Gasteiger partial charge in [0.15, 0.2) is 5.78 Å². The van der Waals surface area contributed by atoms with Crippen molar-refractivity contribution in [3.05, 3.63) is 70.7 Å². The number of rotatable bonds is 2. The number of aromatic nitrogens is 2. The van der Waals surface area contributed by atoms with Crippen molar-refractivity contribution in [2.24, 2.45) is 7.05 Å². The summed E-state index contributed by atoms with van der Waals surface area (Å²) in [6.45, 7) is 0. The number of amides is 2. The zero-order valence-electron chi connectivity index (χ0n) is 14.9. The first-order valence-electron chi connectivity index (χ1n) is 8.60. The number of nitrogens with one attached hydrogen (secondary N) is 1. The molecule has 2 aromatic carbocycles. The lowest BCUT2D eigenvalue weighted by atomic mass is 9.97. The van der Waals surface area contributed by atoms with E-state index in [1.807, 2.05) is 19.3 Å². The molecule has 4 rings (SSSR count). The number of carbonyl (C=O) groups is 2. The highest BCUT2D eigenvalue weighted by Gasteiger charge is 2.29. The molecule has 1 atom stereocenters. The van der Waals surface area contributed by atoms with Crippen LogP contribution in [0.3, 0.4) is 0 Å². The summed E-state index contributed by atoms with van der Waals surface area (Å²) in [4.78, 5) is 26.3. The Balaban J connectivity index is 1.63. The SMILES string of the molecule is Cn1cc2ccc(NC(=O)N3C=CC(=O)C[C@H]3c3ccc(F)cc3)c(Br)c2n1. The van der Waals surface area contributed by atoms with Crippen LogP contribution in [0.5, 0.6) is 0 Å². The van der Waals surface area contributed by atoms with Crippen LogP contribution in [-0.2, 0) is 11.8 Å². The lowest BCUT2D eigenvalue weighted by molar-refractivity contribution is -0.116. The molecule has 0 unspecified atom stereocenters. The molecule has 8 heteroatoms. The van der Waals surface area contributed by atoms with Crippen molar-refractivity contribution in [2.75, 3.05) is 5.32 Å². The van der Waals surface area contributed by atoms with Gasteiger partial charge in [0.25, 0.3) is 0 Å². The van der Waals surface area contributed by atoms with Gasteiger partial charge in [-0.05, 0) is 51.8 Å². The molecule has 0 spiro atoms. The third-order valence-corrected chi connectivity index (χ3v) is 5.42. The maximum atomic E-state index is 13.3. The lowest BCUT2D eigenvalue weighted by Crippen LogP contribution is -2.37. The molecular weight excluding hydrogens is 427 g/mol. The number of fused-ring (bicyclic) bond motifs is 1. The summed E-state index contributed by atoms with van der Waals surface area (Å²) in [7, 11) is 1.83. The van der Waals surface area contributed by atoms with Crippen LogP contribution in [0.15, 0.2) is 59.3 Å². The summed E-state index contributed by atoms with van der Waals surface area (Å²) in [6.07, 6.45) is 4.85. The van der Waals surface area contributed by atoms with Crippen LogP contribution in [0.1, 0.15) is 18.0 Å². The molecule has 0 radical (unpaired) electrons. The number of anilines is 1. The van der Waals surface area contributed by atoms with E-state index in [-0.39, 0.29) is 18.0 Å². The summed E-state index contributed by atoms with van der Waals surface area (Å²) < 4.78 is 15.6. The van der Waals surface area contributed by atoms with E-state index in [0.717, 1.165) is 10.9 Å². The summed E-state index contributed by atoms with van der Waals surface area (Å²) >= 11 is 3.50. The van der Waals surface area contributed by atoms with Crippen LogP contribution in [0.4, 0.5) is 14.9 Å². The number of carbonyl (C=O) groups excluding carboxylic acids is 2. The Labute approximate surface area is 168 Å². The first kappa shape index (κ1) is 18.4. The van der Waals surface area contributed by atoms with Gasteiger partial charge in [0.05, 0.1) is 16.2 Å². The van der Waals surface area contributed by atoms with Gasteiger partial charge in [-0.1, -0.05) is 12.1 Å². The molecule has 1 aromatic heterocycles. The Morgan fingerprint density at radius 2 is 2.00 bits per heavy atom. The molecule has 2 amide bonds. The van der Waals surface area contributed by atoms with Crippen molar-refractivity contribution in [2.45, 2.75) is 12.5 Å². The van der Waals surface area contributed by atoms with E-state index in [2.05, 4.69) is 26.3 Å². The topological polar surface area (TPSA) is 67.2 Å². The zero-order chi connectivity index (χ0) is 19.8. The molecule has 0 fully saturated rings. The van der Waals surface area contributed by atoms with E-state index >= 15 is 0 Å². The largest absolute Gasteiger partial charge is 0.326 e. The molecule has 6 nitrogen and oxygen atoms in total. The molecule has 1 aliphatic rings. The number of urea groups is 1. The Kier molecular flexibility index (Phi) is 4.72. The van der Waals surface area contributed by atoms with Gasteiger partial charge in [0, 0.05) is 31.3 Å². The average Bonchev–Trinajstić information content (AvgIpc) is 3.06. The highest BCUT2D eigenvalue weighted by Crippen LogP contribution is 2.33. The van der Waals surface area contributed by atoms with E-state index in [4.69, 9.17) is 0 Å². The number of halogens is 2. The van der Waals surface area contributed by atoms with Gasteiger partial charge < -0.3 is 5.32 Å². The molecule has 28 heavy (non-hydrogen) atoms. The Morgan fingerprint density at radius 1 is 1.25 bits per heavy atom. The van der Waals surface area contributed by atoms with Crippen molar-refractivity contribution in [1.82, 2.24) is 14.7 Å². The number of ketones is 1. The Hall–Kier alpha value is -3.00. The second-order valence-corrected chi connectivity index (χ2v) is 7.35. The third kappa shape index (κ3) is 3.43. The molecule has 0 saturated carbocycles. The predicted octanol–water partition coefficient (Wildman–Crippen LogP) is 4.54. The zero-order valence-corrected chi connectivity index (χ0v) is 16.5. The van der Waals surface area contributed by atoms with Gasteiger partial charge in [-0.3, -0.25) is 14.4 Å². The molecule has 0 bridgehead atoms. The molecule has 0 aliphatic carbocycles.